The van der Waals surface area contributed by atoms with Gasteiger partial charge in [0.2, 0.25) is 0 Å². The van der Waals surface area contributed by atoms with Crippen molar-refractivity contribution in [1.82, 2.24) is 0 Å². The molecule has 0 saturated heterocycles. The van der Waals surface area contributed by atoms with Gasteiger partial charge in [-0.1, -0.05) is 0 Å². The first-order chi connectivity index (χ1) is 4.75. The van der Waals surface area contributed by atoms with E-state index < -0.39 is 18.3 Å². The van der Waals surface area contributed by atoms with E-state index in [1.807, 2.05) is 0 Å². The van der Waals surface area contributed by atoms with Gasteiger partial charge in [0.25, 0.3) is 0 Å². The third-order valence-electron chi connectivity index (χ3n) is 1.44. The molecule has 0 aromatic carbocycles. The van der Waals surface area contributed by atoms with Crippen molar-refractivity contribution < 1.29 is 152 Å². The molecule has 3 radical (unpaired) electrons. The van der Waals surface area contributed by atoms with E-state index in [4.69, 9.17) is 20.1 Å². The molecule has 3 atom stereocenters. The summed E-state index contributed by atoms with van der Waals surface area (Å²) < 4.78 is 4.77. The predicted octanol–water partition coefficient (Wildman–Crippen LogP) is -1.39. The third kappa shape index (κ3) is 7.63. The van der Waals surface area contributed by atoms with Crippen LogP contribution in [0.3, 0.4) is 0 Å². The molecule has 1 aliphatic heterocycles. The van der Waals surface area contributed by atoms with Gasteiger partial charge in [-0.05, 0) is 6.08 Å². The Labute approximate surface area is 185 Å². The quantitative estimate of drug-likeness (QED) is 0.305. The fraction of sp³-hybridized carbons (Fsp3) is 0.667. The Bertz CT molecular complexity index is 144. The van der Waals surface area contributed by atoms with Gasteiger partial charge < -0.3 is 20.1 Å². The predicted molar refractivity (Wildman–Crippen MR) is 33.1 cm³/mol. The first-order valence-electron chi connectivity index (χ1n) is 3.05. The summed E-state index contributed by atoms with van der Waals surface area (Å²) in [6.07, 6.45) is -0.0318. The maximum Gasteiger partial charge on any atom is 0.149 e. The average molecular weight is 827 g/mol. The molecule has 3 N–H and O–H groups in total. The smallest absolute Gasteiger partial charge is 0.149 e. The molecule has 0 bridgehead atoms. The maximum atomic E-state index is 9.05. The molecule has 3 unspecified atom stereocenters. The number of aliphatic hydroxyl groups is 3. The summed E-state index contributed by atoms with van der Waals surface area (Å²) in [5.74, 6) is 0. The van der Waals surface area contributed by atoms with E-state index in [-0.39, 0.29) is 139 Å². The van der Waals surface area contributed by atoms with Gasteiger partial charge in [0, 0.05) is 132 Å². The van der Waals surface area contributed by atoms with Crippen molar-refractivity contribution in [2.24, 2.45) is 0 Å². The topological polar surface area (TPSA) is 69.9 Å². The molecule has 7 heteroatoms. The summed E-state index contributed by atoms with van der Waals surface area (Å²) in [4.78, 5) is 0. The Morgan fingerprint density at radius 2 is 1.69 bits per heavy atom. The minimum atomic E-state index is -1.02. The standard InChI is InChI=1S/C6H10O4.3Ac/c7-3-5-6(9)4(8)1-2-10-5;;;/h1-2,4-9H,3H2;;;. The van der Waals surface area contributed by atoms with Crippen LogP contribution in [0.5, 0.6) is 0 Å². The van der Waals surface area contributed by atoms with Crippen molar-refractivity contribution in [2.45, 2.75) is 18.3 Å². The fourth-order valence-electron chi connectivity index (χ4n) is 0.792. The van der Waals surface area contributed by atoms with Crippen molar-refractivity contribution >= 4 is 0 Å². The van der Waals surface area contributed by atoms with Crippen LogP contribution in [0.15, 0.2) is 12.3 Å². The van der Waals surface area contributed by atoms with E-state index in [9.17, 15) is 0 Å². The van der Waals surface area contributed by atoms with Crippen LogP contribution < -0.4 is 0 Å². The second-order valence-electron chi connectivity index (χ2n) is 2.17. The fourth-order valence-corrected chi connectivity index (χ4v) is 0.792. The summed E-state index contributed by atoms with van der Waals surface area (Å²) in [5.41, 5.74) is 0. The molecule has 67 valence electrons. The monoisotopic (exact) mass is 827 g/mol. The normalized spacial score (nSPS) is 30.2. The zero-order valence-electron chi connectivity index (χ0n) is 7.08. The van der Waals surface area contributed by atoms with E-state index in [0.29, 0.717) is 0 Å². The molecule has 1 rings (SSSR count). The van der Waals surface area contributed by atoms with Crippen molar-refractivity contribution in [3.05, 3.63) is 12.3 Å². The van der Waals surface area contributed by atoms with Crippen molar-refractivity contribution in [3.63, 3.8) is 0 Å². The van der Waals surface area contributed by atoms with Gasteiger partial charge >= 0.3 is 0 Å². The molecule has 0 aliphatic carbocycles. The van der Waals surface area contributed by atoms with Gasteiger partial charge in [0.15, 0.2) is 0 Å². The third-order valence-corrected chi connectivity index (χ3v) is 1.44. The van der Waals surface area contributed by atoms with E-state index in [1.165, 1.54) is 12.3 Å². The molecule has 0 amide bonds. The molecule has 0 fully saturated rings. The number of aliphatic hydroxyl groups excluding tert-OH is 3. The molecular formula is C6H10Ac3O4. The number of rotatable bonds is 1. The van der Waals surface area contributed by atoms with E-state index in [2.05, 4.69) is 0 Å². The Morgan fingerprint density at radius 1 is 1.15 bits per heavy atom. The van der Waals surface area contributed by atoms with Gasteiger partial charge in [-0.25, -0.2) is 0 Å². The van der Waals surface area contributed by atoms with Crippen LogP contribution in [0.4, 0.5) is 0 Å². The molecule has 0 saturated carbocycles. The molecular weight excluding hydrogens is 817 g/mol. The minimum Gasteiger partial charge on any atom is -0.493 e. The first-order valence-corrected chi connectivity index (χ1v) is 3.05. The summed E-state index contributed by atoms with van der Waals surface area (Å²) in [6.45, 7) is -0.289. The van der Waals surface area contributed by atoms with Crippen LogP contribution in [-0.2, 0) is 4.74 Å². The Morgan fingerprint density at radius 3 is 2.08 bits per heavy atom. The SMILES string of the molecule is OCC1OC=CC(O)C1O.[Ac].[Ac].[Ac]. The van der Waals surface area contributed by atoms with Crippen molar-refractivity contribution in [1.29, 1.82) is 0 Å². The van der Waals surface area contributed by atoms with E-state index in [0.717, 1.165) is 0 Å². The molecule has 1 aliphatic rings. The Kier molecular flexibility index (Phi) is 20.6. The van der Waals surface area contributed by atoms with E-state index >= 15 is 0 Å². The van der Waals surface area contributed by atoms with Crippen LogP contribution in [0, 0.1) is 132 Å². The number of ether oxygens (including phenoxy) is 1. The van der Waals surface area contributed by atoms with Crippen LogP contribution in [0.1, 0.15) is 0 Å². The van der Waals surface area contributed by atoms with Gasteiger partial charge in [-0.3, -0.25) is 0 Å². The minimum absolute atomic E-state index is 0. The number of hydrogen-bond acceptors (Lipinski definition) is 4. The average Bonchev–Trinajstić information content (AvgIpc) is 1.95. The van der Waals surface area contributed by atoms with Crippen LogP contribution in [-0.4, -0.2) is 40.2 Å². The van der Waals surface area contributed by atoms with Gasteiger partial charge in [0.1, 0.15) is 18.3 Å². The summed E-state index contributed by atoms with van der Waals surface area (Å²) in [7, 11) is 0. The largest absolute Gasteiger partial charge is 0.493 e. The Hall–Kier alpha value is 3.74. The van der Waals surface area contributed by atoms with Crippen LogP contribution in [0.25, 0.3) is 0 Å². The van der Waals surface area contributed by atoms with Crippen molar-refractivity contribution in [2.75, 3.05) is 6.61 Å². The zero-order chi connectivity index (χ0) is 7.56. The number of hydrogen-bond donors (Lipinski definition) is 3. The molecule has 0 aromatic rings. The molecule has 0 spiro atoms. The zero-order valence-corrected chi connectivity index (χ0v) is 21.3. The molecule has 13 heavy (non-hydrogen) atoms. The van der Waals surface area contributed by atoms with Crippen molar-refractivity contribution in [3.8, 4) is 0 Å². The van der Waals surface area contributed by atoms with Gasteiger partial charge in [-0.15, -0.1) is 0 Å². The Balaban J connectivity index is -0.000000333. The molecule has 0 aromatic heterocycles. The summed E-state index contributed by atoms with van der Waals surface area (Å²) in [6, 6.07) is 0. The van der Waals surface area contributed by atoms with Crippen LogP contribution >= 0.6 is 0 Å². The molecule has 4 nitrogen and oxygen atoms in total. The summed E-state index contributed by atoms with van der Waals surface area (Å²) in [5, 5.41) is 26.6. The van der Waals surface area contributed by atoms with Crippen LogP contribution in [0.2, 0.25) is 0 Å². The van der Waals surface area contributed by atoms with Gasteiger partial charge in [0.05, 0.1) is 12.9 Å². The maximum absolute atomic E-state index is 9.05. The first kappa shape index (κ1) is 22.0. The van der Waals surface area contributed by atoms with Gasteiger partial charge in [-0.2, -0.15) is 0 Å². The molecule has 1 heterocycles. The van der Waals surface area contributed by atoms with E-state index in [1.54, 1.807) is 0 Å². The summed E-state index contributed by atoms with van der Waals surface area (Å²) >= 11 is 0. The second kappa shape index (κ2) is 12.2. The second-order valence-corrected chi connectivity index (χ2v) is 2.17.